The number of carbonyl (C=O) groups excluding carboxylic acids is 1. The van der Waals surface area contributed by atoms with Crippen molar-refractivity contribution in [3.63, 3.8) is 0 Å². The van der Waals surface area contributed by atoms with Gasteiger partial charge in [0.05, 0.1) is 6.04 Å². The van der Waals surface area contributed by atoms with Gasteiger partial charge in [-0.25, -0.2) is 4.98 Å². The van der Waals surface area contributed by atoms with Gasteiger partial charge in [-0.15, -0.1) is 36.2 Å². The summed E-state index contributed by atoms with van der Waals surface area (Å²) < 4.78 is 0. The van der Waals surface area contributed by atoms with Crippen molar-refractivity contribution in [2.24, 2.45) is 0 Å². The van der Waals surface area contributed by atoms with E-state index in [1.54, 1.807) is 29.7 Å². The number of halogens is 2. The van der Waals surface area contributed by atoms with Crippen molar-refractivity contribution in [1.29, 1.82) is 0 Å². The lowest BCUT2D eigenvalue weighted by molar-refractivity contribution is 0.0611. The van der Waals surface area contributed by atoms with Gasteiger partial charge in [0.1, 0.15) is 5.01 Å². The molecule has 4 nitrogen and oxygen atoms in total. The van der Waals surface area contributed by atoms with Gasteiger partial charge in [-0.1, -0.05) is 6.07 Å². The van der Waals surface area contributed by atoms with E-state index >= 15 is 0 Å². The van der Waals surface area contributed by atoms with Crippen molar-refractivity contribution >= 4 is 47.7 Å². The second-order valence-electron chi connectivity index (χ2n) is 5.01. The molecule has 1 aromatic carbocycles. The average molecular weight is 360 g/mol. The average Bonchev–Trinajstić information content (AvgIpc) is 3.00. The summed E-state index contributed by atoms with van der Waals surface area (Å²) >= 11 is 1.62. The number of nitrogen functional groups attached to an aromatic ring is 1. The quantitative estimate of drug-likeness (QED) is 0.826. The molecule has 1 atom stereocenters. The van der Waals surface area contributed by atoms with E-state index in [2.05, 4.69) is 4.98 Å². The highest BCUT2D eigenvalue weighted by atomic mass is 35.5. The van der Waals surface area contributed by atoms with E-state index in [1.165, 1.54) is 0 Å². The summed E-state index contributed by atoms with van der Waals surface area (Å²) in [6.07, 6.45) is 4.99. The van der Waals surface area contributed by atoms with E-state index in [9.17, 15) is 4.79 Å². The molecule has 1 amide bonds. The predicted molar refractivity (Wildman–Crippen MR) is 95.1 cm³/mol. The fourth-order valence-corrected chi connectivity index (χ4v) is 3.45. The Kier molecular flexibility index (Phi) is 7.13. The van der Waals surface area contributed by atoms with Gasteiger partial charge in [-0.2, -0.15) is 0 Å². The van der Waals surface area contributed by atoms with Gasteiger partial charge in [0.25, 0.3) is 5.91 Å². The fourth-order valence-electron chi connectivity index (χ4n) is 2.67. The molecule has 1 aromatic heterocycles. The number of piperidine rings is 1. The first-order chi connectivity index (χ1) is 9.75. The molecule has 1 unspecified atom stereocenters. The number of hydrogen-bond donors (Lipinski definition) is 1. The number of nitrogens with zero attached hydrogens (tertiary/aromatic N) is 2. The number of anilines is 1. The lowest BCUT2D eigenvalue weighted by atomic mass is 10.0. The molecule has 1 aliphatic rings. The van der Waals surface area contributed by atoms with Crippen LogP contribution in [0.2, 0.25) is 0 Å². The van der Waals surface area contributed by atoms with Gasteiger partial charge in [-0.05, 0) is 37.5 Å². The van der Waals surface area contributed by atoms with Crippen LogP contribution in [-0.2, 0) is 0 Å². The largest absolute Gasteiger partial charge is 0.399 e. The minimum absolute atomic E-state index is 0. The summed E-state index contributed by atoms with van der Waals surface area (Å²) in [6.45, 7) is 0.790. The third kappa shape index (κ3) is 3.91. The molecule has 7 heteroatoms. The number of aromatic nitrogens is 1. The summed E-state index contributed by atoms with van der Waals surface area (Å²) in [5.74, 6) is 0.0530. The molecule has 0 saturated carbocycles. The van der Waals surface area contributed by atoms with Crippen LogP contribution in [0.15, 0.2) is 35.8 Å². The first kappa shape index (κ1) is 18.7. The lowest BCUT2D eigenvalue weighted by Gasteiger charge is -2.34. The monoisotopic (exact) mass is 359 g/mol. The van der Waals surface area contributed by atoms with E-state index < -0.39 is 0 Å². The standard InChI is InChI=1S/C15H17N3OS.2ClH/c16-12-5-3-4-11(10-12)15(19)18-8-2-1-6-13(18)14-17-7-9-20-14;;/h3-5,7,9-10,13H,1-2,6,8,16H2;2*1H. The number of likely N-dealkylation sites (tertiary alicyclic amines) is 1. The maximum Gasteiger partial charge on any atom is 0.254 e. The molecule has 1 fully saturated rings. The Morgan fingerprint density at radius 3 is 2.82 bits per heavy atom. The molecular formula is C15H19Cl2N3OS. The number of amides is 1. The van der Waals surface area contributed by atoms with Gasteiger partial charge < -0.3 is 10.6 Å². The topological polar surface area (TPSA) is 59.2 Å². The van der Waals surface area contributed by atoms with Crippen LogP contribution in [0.4, 0.5) is 5.69 Å². The SMILES string of the molecule is Cl.Cl.Nc1cccc(C(=O)N2CCCCC2c2nccs2)c1. The van der Waals surface area contributed by atoms with E-state index in [1.807, 2.05) is 22.4 Å². The second-order valence-corrected chi connectivity index (χ2v) is 5.93. The number of carbonyl (C=O) groups is 1. The van der Waals surface area contributed by atoms with Crippen LogP contribution in [0.1, 0.15) is 40.7 Å². The van der Waals surface area contributed by atoms with E-state index in [0.29, 0.717) is 11.3 Å². The van der Waals surface area contributed by atoms with Crippen LogP contribution in [0, 0.1) is 0 Å². The smallest absolute Gasteiger partial charge is 0.254 e. The highest BCUT2D eigenvalue weighted by molar-refractivity contribution is 7.09. The van der Waals surface area contributed by atoms with Crippen molar-refractivity contribution in [1.82, 2.24) is 9.88 Å². The van der Waals surface area contributed by atoms with Gasteiger partial charge >= 0.3 is 0 Å². The minimum atomic E-state index is 0. The zero-order valence-electron chi connectivity index (χ0n) is 12.0. The van der Waals surface area contributed by atoms with Crippen LogP contribution in [0.3, 0.4) is 0 Å². The van der Waals surface area contributed by atoms with Crippen molar-refractivity contribution in [3.05, 3.63) is 46.4 Å². The highest BCUT2D eigenvalue weighted by Gasteiger charge is 2.30. The molecular weight excluding hydrogens is 341 g/mol. The van der Waals surface area contributed by atoms with Crippen molar-refractivity contribution in [3.8, 4) is 0 Å². The maximum absolute atomic E-state index is 12.7. The number of nitrogens with two attached hydrogens (primary N) is 1. The van der Waals surface area contributed by atoms with E-state index in [4.69, 9.17) is 5.73 Å². The van der Waals surface area contributed by atoms with Gasteiger partial charge in [0.2, 0.25) is 0 Å². The zero-order valence-corrected chi connectivity index (χ0v) is 14.4. The molecule has 2 N–H and O–H groups in total. The fraction of sp³-hybridized carbons (Fsp3) is 0.333. The number of benzene rings is 1. The summed E-state index contributed by atoms with van der Waals surface area (Å²) in [4.78, 5) is 19.0. The Bertz CT molecular complexity index is 607. The molecule has 1 saturated heterocycles. The third-order valence-corrected chi connectivity index (χ3v) is 4.51. The van der Waals surface area contributed by atoms with Crippen molar-refractivity contribution in [2.45, 2.75) is 25.3 Å². The number of hydrogen-bond acceptors (Lipinski definition) is 4. The Hall–Kier alpha value is -1.30. The molecule has 120 valence electrons. The van der Waals surface area contributed by atoms with Crippen molar-refractivity contribution < 1.29 is 4.79 Å². The molecule has 2 heterocycles. The van der Waals surface area contributed by atoms with E-state index in [-0.39, 0.29) is 36.8 Å². The first-order valence-corrected chi connectivity index (χ1v) is 7.69. The van der Waals surface area contributed by atoms with Gasteiger partial charge in [-0.3, -0.25) is 4.79 Å². The molecule has 3 rings (SSSR count). The number of rotatable bonds is 2. The summed E-state index contributed by atoms with van der Waals surface area (Å²) in [5.41, 5.74) is 7.06. The van der Waals surface area contributed by atoms with Crippen molar-refractivity contribution in [2.75, 3.05) is 12.3 Å². The van der Waals surface area contributed by atoms with Crippen LogP contribution in [-0.4, -0.2) is 22.3 Å². The summed E-state index contributed by atoms with van der Waals surface area (Å²) in [5, 5.41) is 2.99. The Morgan fingerprint density at radius 1 is 1.32 bits per heavy atom. The Morgan fingerprint density at radius 2 is 2.14 bits per heavy atom. The molecule has 0 spiro atoms. The molecule has 2 aromatic rings. The maximum atomic E-state index is 12.7. The normalized spacial score (nSPS) is 17.3. The Balaban J connectivity index is 0.00000121. The minimum Gasteiger partial charge on any atom is -0.399 e. The first-order valence-electron chi connectivity index (χ1n) is 6.81. The molecule has 0 radical (unpaired) electrons. The summed E-state index contributed by atoms with van der Waals surface area (Å²) in [7, 11) is 0. The second kappa shape index (κ2) is 8.36. The lowest BCUT2D eigenvalue weighted by Crippen LogP contribution is -2.38. The van der Waals surface area contributed by atoms with Crippen LogP contribution in [0.5, 0.6) is 0 Å². The third-order valence-electron chi connectivity index (χ3n) is 3.63. The van der Waals surface area contributed by atoms with E-state index in [0.717, 1.165) is 30.8 Å². The Labute approximate surface area is 146 Å². The number of thiazole rings is 1. The molecule has 1 aliphatic heterocycles. The molecule has 0 aliphatic carbocycles. The van der Waals surface area contributed by atoms with Gasteiger partial charge in [0, 0.05) is 29.4 Å². The van der Waals surface area contributed by atoms with Crippen LogP contribution < -0.4 is 5.73 Å². The highest BCUT2D eigenvalue weighted by Crippen LogP contribution is 2.33. The van der Waals surface area contributed by atoms with Crippen LogP contribution in [0.25, 0.3) is 0 Å². The van der Waals surface area contributed by atoms with Gasteiger partial charge in [0.15, 0.2) is 0 Å². The van der Waals surface area contributed by atoms with Crippen LogP contribution >= 0.6 is 36.2 Å². The predicted octanol–water partition coefficient (Wildman–Crippen LogP) is 3.94. The molecule has 22 heavy (non-hydrogen) atoms. The summed E-state index contributed by atoms with van der Waals surface area (Å²) in [6, 6.07) is 7.30. The zero-order chi connectivity index (χ0) is 13.9. The molecule has 0 bridgehead atoms.